The first-order valence-electron chi connectivity index (χ1n) is 10.1. The summed E-state index contributed by atoms with van der Waals surface area (Å²) >= 11 is 0. The number of ether oxygens (including phenoxy) is 2. The zero-order chi connectivity index (χ0) is 19.4. The molecule has 0 saturated heterocycles. The average Bonchev–Trinajstić information content (AvgIpc) is 2.63. The summed E-state index contributed by atoms with van der Waals surface area (Å²) in [7, 11) is 1.71. The highest BCUT2D eigenvalue weighted by Gasteiger charge is 2.16. The van der Waals surface area contributed by atoms with Gasteiger partial charge in [0.2, 0.25) is 0 Å². The van der Waals surface area contributed by atoms with E-state index in [0.717, 1.165) is 31.7 Å². The van der Waals surface area contributed by atoms with E-state index in [-0.39, 0.29) is 5.97 Å². The number of hydrogen-bond donors (Lipinski definition) is 0. The molecule has 0 spiro atoms. The smallest absolute Gasteiger partial charge is 0.305 e. The zero-order valence-electron chi connectivity index (χ0n) is 17.3. The van der Waals surface area contributed by atoms with Gasteiger partial charge in [0.1, 0.15) is 5.75 Å². The average molecular weight is 364 g/mol. The number of aryl methyl sites for hydroxylation is 1. The Balaban J connectivity index is 2.32. The van der Waals surface area contributed by atoms with Crippen molar-refractivity contribution in [3.05, 3.63) is 29.3 Å². The topological polar surface area (TPSA) is 38.8 Å². The molecule has 0 saturated carbocycles. The van der Waals surface area contributed by atoms with Gasteiger partial charge in [-0.2, -0.15) is 0 Å². The molecule has 0 amide bonds. The van der Waals surface area contributed by atoms with Crippen LogP contribution in [0.3, 0.4) is 0 Å². The van der Waals surface area contributed by atoms with E-state index in [1.807, 2.05) is 6.92 Å². The monoisotopic (exact) mass is 363 g/mol. The number of esters is 1. The van der Waals surface area contributed by atoms with Crippen LogP contribution >= 0.6 is 0 Å². The third-order valence-electron chi connectivity index (χ3n) is 5.01. The molecular formula is C22H37NO3. The van der Waals surface area contributed by atoms with Crippen LogP contribution in [0.1, 0.15) is 76.5 Å². The molecule has 26 heavy (non-hydrogen) atoms. The van der Waals surface area contributed by atoms with Gasteiger partial charge in [-0.05, 0) is 70.0 Å². The molecule has 0 N–H and O–H groups in total. The molecular weight excluding hydrogens is 326 g/mol. The number of carbonyl (C=O) groups excluding carboxylic acids is 1. The molecule has 0 aliphatic rings. The molecule has 1 aromatic rings. The van der Waals surface area contributed by atoms with Gasteiger partial charge in [0.25, 0.3) is 0 Å². The molecule has 148 valence electrons. The molecule has 0 fully saturated rings. The molecule has 4 nitrogen and oxygen atoms in total. The lowest BCUT2D eigenvalue weighted by molar-refractivity contribution is -0.143. The van der Waals surface area contributed by atoms with Crippen molar-refractivity contribution in [2.75, 3.05) is 26.8 Å². The minimum absolute atomic E-state index is 0.0617. The van der Waals surface area contributed by atoms with Crippen LogP contribution in [0.15, 0.2) is 18.2 Å². The Bertz CT molecular complexity index is 530. The van der Waals surface area contributed by atoms with Gasteiger partial charge in [0, 0.05) is 12.5 Å². The van der Waals surface area contributed by atoms with Gasteiger partial charge in [-0.25, -0.2) is 0 Å². The summed E-state index contributed by atoms with van der Waals surface area (Å²) in [6.07, 6.45) is 6.21. The zero-order valence-corrected chi connectivity index (χ0v) is 17.3. The van der Waals surface area contributed by atoms with E-state index in [9.17, 15) is 4.79 Å². The van der Waals surface area contributed by atoms with E-state index in [1.165, 1.54) is 30.4 Å². The minimum Gasteiger partial charge on any atom is -0.497 e. The fourth-order valence-corrected chi connectivity index (χ4v) is 3.41. The maximum atomic E-state index is 11.3. The van der Waals surface area contributed by atoms with Crippen molar-refractivity contribution in [2.24, 2.45) is 0 Å². The Hall–Kier alpha value is -1.55. The van der Waals surface area contributed by atoms with Crippen molar-refractivity contribution in [1.29, 1.82) is 0 Å². The highest BCUT2D eigenvalue weighted by molar-refractivity contribution is 5.69. The molecule has 0 aliphatic heterocycles. The largest absolute Gasteiger partial charge is 0.497 e. The second kappa shape index (κ2) is 12.7. The van der Waals surface area contributed by atoms with Crippen molar-refractivity contribution in [1.82, 2.24) is 4.90 Å². The fourth-order valence-electron chi connectivity index (χ4n) is 3.41. The molecule has 1 aromatic carbocycles. The van der Waals surface area contributed by atoms with E-state index in [0.29, 0.717) is 19.1 Å². The lowest BCUT2D eigenvalue weighted by Gasteiger charge is -2.29. The molecule has 0 bridgehead atoms. The number of methoxy groups -OCH3 is 1. The van der Waals surface area contributed by atoms with Crippen molar-refractivity contribution in [3.63, 3.8) is 0 Å². The van der Waals surface area contributed by atoms with Gasteiger partial charge in [-0.3, -0.25) is 9.69 Å². The molecule has 1 rings (SSSR count). The Morgan fingerprint density at radius 1 is 1.12 bits per heavy atom. The quantitative estimate of drug-likeness (QED) is 0.352. The van der Waals surface area contributed by atoms with E-state index in [1.54, 1.807) is 7.11 Å². The van der Waals surface area contributed by atoms with E-state index in [4.69, 9.17) is 9.47 Å². The maximum absolute atomic E-state index is 11.3. The van der Waals surface area contributed by atoms with E-state index < -0.39 is 0 Å². The molecule has 0 radical (unpaired) electrons. The van der Waals surface area contributed by atoms with Gasteiger partial charge in [-0.1, -0.05) is 32.3 Å². The SMILES string of the molecule is CCOC(=O)CCCCCCCN(CC)C(C)c1ccc(OC)cc1C. The molecule has 1 atom stereocenters. The molecule has 1 unspecified atom stereocenters. The highest BCUT2D eigenvalue weighted by Crippen LogP contribution is 2.26. The van der Waals surface area contributed by atoms with Crippen LogP contribution < -0.4 is 4.74 Å². The normalized spacial score (nSPS) is 12.2. The summed E-state index contributed by atoms with van der Waals surface area (Å²) < 4.78 is 10.3. The predicted octanol–water partition coefficient (Wildman–Crippen LogP) is 5.29. The molecule has 0 aliphatic carbocycles. The Morgan fingerprint density at radius 2 is 1.81 bits per heavy atom. The van der Waals surface area contributed by atoms with Crippen molar-refractivity contribution < 1.29 is 14.3 Å². The van der Waals surface area contributed by atoms with Gasteiger partial charge in [0.15, 0.2) is 0 Å². The molecule has 4 heteroatoms. The number of carbonyl (C=O) groups is 1. The fraction of sp³-hybridized carbons (Fsp3) is 0.682. The van der Waals surface area contributed by atoms with E-state index in [2.05, 4.69) is 43.9 Å². The lowest BCUT2D eigenvalue weighted by atomic mass is 10.0. The predicted molar refractivity (Wildman–Crippen MR) is 108 cm³/mol. The lowest BCUT2D eigenvalue weighted by Crippen LogP contribution is -2.28. The van der Waals surface area contributed by atoms with E-state index >= 15 is 0 Å². The second-order valence-electron chi connectivity index (χ2n) is 6.85. The van der Waals surface area contributed by atoms with Crippen LogP contribution in [0, 0.1) is 6.92 Å². The Morgan fingerprint density at radius 3 is 2.42 bits per heavy atom. The number of nitrogens with zero attached hydrogens (tertiary/aromatic N) is 1. The molecule has 0 aromatic heterocycles. The molecule has 0 heterocycles. The van der Waals surface area contributed by atoms with Gasteiger partial charge in [-0.15, -0.1) is 0 Å². The summed E-state index contributed by atoms with van der Waals surface area (Å²) in [5, 5.41) is 0. The van der Waals surface area contributed by atoms with Gasteiger partial charge in [0.05, 0.1) is 13.7 Å². The Labute approximate surface area is 159 Å². The number of benzene rings is 1. The minimum atomic E-state index is -0.0617. The van der Waals surface area contributed by atoms with Crippen molar-refractivity contribution in [2.45, 2.75) is 72.3 Å². The third kappa shape index (κ3) is 7.77. The first-order chi connectivity index (χ1) is 12.5. The van der Waals surface area contributed by atoms with Crippen molar-refractivity contribution >= 4 is 5.97 Å². The number of hydrogen-bond acceptors (Lipinski definition) is 4. The second-order valence-corrected chi connectivity index (χ2v) is 6.85. The summed E-state index contributed by atoms with van der Waals surface area (Å²) in [5.74, 6) is 0.859. The standard InChI is InChI=1S/C22H37NO3/c1-6-23(16-12-10-8-9-11-13-22(24)26-7-2)19(4)21-15-14-20(25-5)17-18(21)3/h14-15,17,19H,6-13,16H2,1-5H3. The number of rotatable bonds is 13. The first-order valence-corrected chi connectivity index (χ1v) is 10.1. The van der Waals surface area contributed by atoms with Gasteiger partial charge < -0.3 is 9.47 Å². The third-order valence-corrected chi connectivity index (χ3v) is 5.01. The summed E-state index contributed by atoms with van der Waals surface area (Å²) in [4.78, 5) is 13.8. The maximum Gasteiger partial charge on any atom is 0.305 e. The number of unbranched alkanes of at least 4 members (excludes halogenated alkanes) is 4. The first kappa shape index (κ1) is 22.5. The summed E-state index contributed by atoms with van der Waals surface area (Å²) in [6.45, 7) is 11.2. The van der Waals surface area contributed by atoms with Gasteiger partial charge >= 0.3 is 5.97 Å². The van der Waals surface area contributed by atoms with Crippen LogP contribution in [-0.4, -0.2) is 37.7 Å². The highest BCUT2D eigenvalue weighted by atomic mass is 16.5. The van der Waals surface area contributed by atoms with Crippen LogP contribution in [0.25, 0.3) is 0 Å². The summed E-state index contributed by atoms with van der Waals surface area (Å²) in [6, 6.07) is 6.77. The van der Waals surface area contributed by atoms with Crippen molar-refractivity contribution in [3.8, 4) is 5.75 Å². The van der Waals surface area contributed by atoms with Crippen LogP contribution in [0.4, 0.5) is 0 Å². The summed E-state index contributed by atoms with van der Waals surface area (Å²) in [5.41, 5.74) is 2.66. The van der Waals surface area contributed by atoms with Crippen LogP contribution in [-0.2, 0) is 9.53 Å². The van der Waals surface area contributed by atoms with Crippen LogP contribution in [0.5, 0.6) is 5.75 Å². The Kier molecular flexibility index (Phi) is 11.0. The van der Waals surface area contributed by atoms with Crippen LogP contribution in [0.2, 0.25) is 0 Å².